The first-order valence-electron chi connectivity index (χ1n) is 11.3. The van der Waals surface area contributed by atoms with E-state index in [2.05, 4.69) is 25.6 Å². The minimum atomic E-state index is -0.444. The van der Waals surface area contributed by atoms with Gasteiger partial charge in [0.15, 0.2) is 0 Å². The number of esters is 1. The number of carbonyl (C=O) groups is 1. The number of unbranched alkanes of at least 4 members (excludes halogenated alkanes) is 2. The highest BCUT2D eigenvalue weighted by Crippen LogP contribution is 2.38. The topological polar surface area (TPSA) is 66.8 Å². The molecule has 0 saturated heterocycles. The second-order valence-corrected chi connectivity index (χ2v) is 8.55. The standard InChI is InChI=1S/C25H38O4/c1-3-4-5-6-20-9-11-22(12-10-20)23-13-15-24(16-14-23)29-25(28)19(2)7-8-21(17-26)18-27/h13-16,20-22,26-27H,2-12,17-18H2,1H3. The molecule has 0 amide bonds. The number of ether oxygens (including phenoxy) is 1. The Hall–Kier alpha value is -1.65. The molecule has 1 fully saturated rings. The molecule has 162 valence electrons. The molecule has 0 heterocycles. The highest BCUT2D eigenvalue weighted by atomic mass is 16.5. The smallest absolute Gasteiger partial charge is 0.338 e. The molecule has 0 aliphatic heterocycles. The number of rotatable bonds is 12. The lowest BCUT2D eigenvalue weighted by atomic mass is 9.77. The average Bonchev–Trinajstić information content (AvgIpc) is 2.75. The van der Waals surface area contributed by atoms with Gasteiger partial charge >= 0.3 is 5.97 Å². The van der Waals surface area contributed by atoms with Gasteiger partial charge in [0.2, 0.25) is 0 Å². The Balaban J connectivity index is 1.77. The first-order chi connectivity index (χ1) is 14.1. The molecule has 0 aromatic heterocycles. The van der Waals surface area contributed by atoms with Gasteiger partial charge in [-0.15, -0.1) is 0 Å². The molecule has 0 atom stereocenters. The summed E-state index contributed by atoms with van der Waals surface area (Å²) in [5.74, 6) is 1.39. The van der Waals surface area contributed by atoms with Crippen LogP contribution >= 0.6 is 0 Å². The van der Waals surface area contributed by atoms with E-state index in [9.17, 15) is 4.79 Å². The molecule has 2 N–H and O–H groups in total. The van der Waals surface area contributed by atoms with Gasteiger partial charge in [-0.1, -0.05) is 51.3 Å². The van der Waals surface area contributed by atoms with E-state index in [4.69, 9.17) is 14.9 Å². The lowest BCUT2D eigenvalue weighted by Crippen LogP contribution is -2.15. The maximum Gasteiger partial charge on any atom is 0.338 e. The van der Waals surface area contributed by atoms with Gasteiger partial charge in [-0.05, 0) is 68.1 Å². The Labute approximate surface area is 176 Å². The molecular weight excluding hydrogens is 364 g/mol. The number of aliphatic hydroxyl groups is 2. The summed E-state index contributed by atoms with van der Waals surface area (Å²) in [6, 6.07) is 7.91. The summed E-state index contributed by atoms with van der Waals surface area (Å²) in [6.07, 6.45) is 11.5. The fraction of sp³-hybridized carbons (Fsp3) is 0.640. The fourth-order valence-electron chi connectivity index (χ4n) is 4.18. The van der Waals surface area contributed by atoms with Crippen molar-refractivity contribution in [3.8, 4) is 5.75 Å². The average molecular weight is 403 g/mol. The lowest BCUT2D eigenvalue weighted by molar-refractivity contribution is -0.130. The minimum Gasteiger partial charge on any atom is -0.423 e. The molecule has 0 unspecified atom stereocenters. The molecule has 0 radical (unpaired) electrons. The summed E-state index contributed by atoms with van der Waals surface area (Å²) >= 11 is 0. The van der Waals surface area contributed by atoms with Crippen molar-refractivity contribution >= 4 is 5.97 Å². The molecule has 1 aliphatic rings. The van der Waals surface area contributed by atoms with E-state index in [1.807, 2.05) is 12.1 Å². The molecule has 4 heteroatoms. The van der Waals surface area contributed by atoms with Crippen LogP contribution in [-0.2, 0) is 4.79 Å². The summed E-state index contributed by atoms with van der Waals surface area (Å²) < 4.78 is 5.43. The van der Waals surface area contributed by atoms with Crippen molar-refractivity contribution < 1.29 is 19.7 Å². The van der Waals surface area contributed by atoms with Gasteiger partial charge in [0.25, 0.3) is 0 Å². The van der Waals surface area contributed by atoms with Gasteiger partial charge in [-0.3, -0.25) is 0 Å². The fourth-order valence-corrected chi connectivity index (χ4v) is 4.18. The monoisotopic (exact) mass is 402 g/mol. The molecule has 1 aliphatic carbocycles. The first-order valence-corrected chi connectivity index (χ1v) is 11.3. The quantitative estimate of drug-likeness (QED) is 0.213. The molecule has 4 nitrogen and oxygen atoms in total. The highest BCUT2D eigenvalue weighted by molar-refractivity contribution is 5.89. The first kappa shape index (κ1) is 23.6. The van der Waals surface area contributed by atoms with E-state index < -0.39 is 5.97 Å². The third-order valence-corrected chi connectivity index (χ3v) is 6.28. The van der Waals surface area contributed by atoms with E-state index >= 15 is 0 Å². The normalized spacial score (nSPS) is 19.3. The van der Waals surface area contributed by atoms with E-state index in [0.29, 0.717) is 30.1 Å². The van der Waals surface area contributed by atoms with Gasteiger partial charge in [0.1, 0.15) is 5.75 Å². The Morgan fingerprint density at radius 2 is 1.76 bits per heavy atom. The Morgan fingerprint density at radius 1 is 1.10 bits per heavy atom. The number of aliphatic hydroxyl groups excluding tert-OH is 2. The zero-order valence-corrected chi connectivity index (χ0v) is 17.9. The largest absolute Gasteiger partial charge is 0.423 e. The maximum absolute atomic E-state index is 12.2. The molecule has 0 spiro atoms. The third-order valence-electron chi connectivity index (χ3n) is 6.28. The zero-order valence-electron chi connectivity index (χ0n) is 17.9. The van der Waals surface area contributed by atoms with Crippen LogP contribution in [0.4, 0.5) is 0 Å². The molecule has 1 saturated carbocycles. The second kappa shape index (κ2) is 12.8. The van der Waals surface area contributed by atoms with Gasteiger partial charge in [0.05, 0.1) is 0 Å². The summed E-state index contributed by atoms with van der Waals surface area (Å²) in [5.41, 5.74) is 1.70. The molecule has 0 bridgehead atoms. The number of hydrogen-bond acceptors (Lipinski definition) is 4. The van der Waals surface area contributed by atoms with Crippen molar-refractivity contribution in [2.75, 3.05) is 13.2 Å². The zero-order chi connectivity index (χ0) is 21.1. The van der Waals surface area contributed by atoms with Crippen molar-refractivity contribution in [3.63, 3.8) is 0 Å². The van der Waals surface area contributed by atoms with Crippen LogP contribution in [0.3, 0.4) is 0 Å². The second-order valence-electron chi connectivity index (χ2n) is 8.55. The Morgan fingerprint density at radius 3 is 2.34 bits per heavy atom. The van der Waals surface area contributed by atoms with Crippen molar-refractivity contribution in [3.05, 3.63) is 42.0 Å². The molecular formula is C25H38O4. The summed E-state index contributed by atoms with van der Waals surface area (Å²) in [7, 11) is 0. The van der Waals surface area contributed by atoms with Gasteiger partial charge in [0, 0.05) is 24.7 Å². The van der Waals surface area contributed by atoms with Crippen LogP contribution in [0.1, 0.15) is 82.6 Å². The molecule has 1 aromatic carbocycles. The van der Waals surface area contributed by atoms with Crippen LogP contribution in [0.5, 0.6) is 5.75 Å². The van der Waals surface area contributed by atoms with Crippen LogP contribution in [0, 0.1) is 11.8 Å². The van der Waals surface area contributed by atoms with Crippen LogP contribution in [0.15, 0.2) is 36.4 Å². The molecule has 29 heavy (non-hydrogen) atoms. The van der Waals surface area contributed by atoms with Crippen LogP contribution in [-0.4, -0.2) is 29.4 Å². The Kier molecular flexibility index (Phi) is 10.4. The number of benzene rings is 1. The van der Waals surface area contributed by atoms with E-state index in [1.165, 1.54) is 56.9 Å². The predicted octanol–water partition coefficient (Wildman–Crippen LogP) is 5.38. The predicted molar refractivity (Wildman–Crippen MR) is 117 cm³/mol. The van der Waals surface area contributed by atoms with E-state index in [1.54, 1.807) is 0 Å². The highest BCUT2D eigenvalue weighted by Gasteiger charge is 2.22. The minimum absolute atomic E-state index is 0.0963. The molecule has 1 aromatic rings. The van der Waals surface area contributed by atoms with Crippen LogP contribution in [0.25, 0.3) is 0 Å². The molecule has 2 rings (SSSR count). The van der Waals surface area contributed by atoms with Gasteiger partial charge in [-0.2, -0.15) is 0 Å². The summed E-state index contributed by atoms with van der Waals surface area (Å²) in [5, 5.41) is 18.2. The van der Waals surface area contributed by atoms with Crippen LogP contribution in [0.2, 0.25) is 0 Å². The van der Waals surface area contributed by atoms with E-state index in [-0.39, 0.29) is 19.1 Å². The van der Waals surface area contributed by atoms with Crippen molar-refractivity contribution in [2.45, 2.75) is 77.0 Å². The van der Waals surface area contributed by atoms with E-state index in [0.717, 1.165) is 5.92 Å². The van der Waals surface area contributed by atoms with Gasteiger partial charge < -0.3 is 14.9 Å². The third kappa shape index (κ3) is 7.94. The SMILES string of the molecule is C=C(CCC(CO)CO)C(=O)Oc1ccc(C2CCC(CCCCC)CC2)cc1. The van der Waals surface area contributed by atoms with Crippen LogP contribution < -0.4 is 4.74 Å². The number of hydrogen-bond donors (Lipinski definition) is 2. The van der Waals surface area contributed by atoms with Gasteiger partial charge in [-0.25, -0.2) is 4.79 Å². The lowest BCUT2D eigenvalue weighted by Gasteiger charge is -2.29. The van der Waals surface area contributed by atoms with Crippen molar-refractivity contribution in [1.82, 2.24) is 0 Å². The summed E-state index contributed by atoms with van der Waals surface area (Å²) in [6.45, 7) is 5.85. The maximum atomic E-state index is 12.2. The van der Waals surface area contributed by atoms with Crippen molar-refractivity contribution in [1.29, 1.82) is 0 Å². The number of carbonyl (C=O) groups excluding carboxylic acids is 1. The van der Waals surface area contributed by atoms with Crippen molar-refractivity contribution in [2.24, 2.45) is 11.8 Å². The Bertz CT molecular complexity index is 610. The summed E-state index contributed by atoms with van der Waals surface area (Å²) in [4.78, 5) is 12.2.